The first-order valence-electron chi connectivity index (χ1n) is 7.91. The largest absolute Gasteiger partial charge is 0.353 e. The van der Waals surface area contributed by atoms with Gasteiger partial charge in [-0.3, -0.25) is 4.79 Å². The van der Waals surface area contributed by atoms with Crippen LogP contribution in [0.15, 0.2) is 66.9 Å². The molecule has 0 saturated carbocycles. The quantitative estimate of drug-likeness (QED) is 0.710. The van der Waals surface area contributed by atoms with Gasteiger partial charge in [-0.15, -0.1) is 0 Å². The van der Waals surface area contributed by atoms with Gasteiger partial charge >= 0.3 is 0 Å². The number of anilines is 2. The predicted molar refractivity (Wildman–Crippen MR) is 101 cm³/mol. The maximum atomic E-state index is 12.2. The molecule has 1 heterocycles. The van der Waals surface area contributed by atoms with E-state index in [9.17, 15) is 4.79 Å². The van der Waals surface area contributed by atoms with Crippen LogP contribution in [-0.2, 0) is 6.54 Å². The van der Waals surface area contributed by atoms with E-state index in [4.69, 9.17) is 16.9 Å². The molecule has 5 nitrogen and oxygen atoms in total. The lowest BCUT2D eigenvalue weighted by Crippen LogP contribution is -2.23. The summed E-state index contributed by atoms with van der Waals surface area (Å²) in [5, 5.41) is 15.6. The normalized spacial score (nSPS) is 10.0. The molecule has 0 saturated heterocycles. The molecule has 0 spiro atoms. The smallest absolute Gasteiger partial charge is 0.270 e. The summed E-state index contributed by atoms with van der Waals surface area (Å²) in [6.07, 6.45) is 1.55. The van der Waals surface area contributed by atoms with Crippen LogP contribution in [-0.4, -0.2) is 10.9 Å². The van der Waals surface area contributed by atoms with Gasteiger partial charge in [-0.1, -0.05) is 41.9 Å². The Balaban J connectivity index is 1.65. The van der Waals surface area contributed by atoms with Crippen molar-refractivity contribution in [2.45, 2.75) is 6.54 Å². The molecule has 2 N–H and O–H groups in total. The summed E-state index contributed by atoms with van der Waals surface area (Å²) >= 11 is 6.08. The zero-order chi connectivity index (χ0) is 18.4. The molecule has 0 unspecified atom stereocenters. The number of carbonyl (C=O) groups is 1. The lowest BCUT2D eigenvalue weighted by atomic mass is 10.2. The van der Waals surface area contributed by atoms with E-state index in [2.05, 4.69) is 21.7 Å². The van der Waals surface area contributed by atoms with Gasteiger partial charge < -0.3 is 10.6 Å². The summed E-state index contributed by atoms with van der Waals surface area (Å²) in [7, 11) is 0. The third-order valence-electron chi connectivity index (χ3n) is 3.72. The highest BCUT2D eigenvalue weighted by Crippen LogP contribution is 2.20. The maximum Gasteiger partial charge on any atom is 0.270 e. The predicted octanol–water partition coefficient (Wildman–Crippen LogP) is 4.28. The molecule has 3 rings (SSSR count). The number of nitriles is 1. The highest BCUT2D eigenvalue weighted by molar-refractivity contribution is 6.31. The second kappa shape index (κ2) is 8.15. The molecule has 0 fully saturated rings. The highest BCUT2D eigenvalue weighted by atomic mass is 35.5. The van der Waals surface area contributed by atoms with Gasteiger partial charge in [-0.05, 0) is 35.9 Å². The van der Waals surface area contributed by atoms with Crippen LogP contribution in [0.25, 0.3) is 0 Å². The van der Waals surface area contributed by atoms with Crippen LogP contribution in [0.5, 0.6) is 0 Å². The van der Waals surface area contributed by atoms with Gasteiger partial charge in [-0.2, -0.15) is 5.26 Å². The number of aromatic nitrogens is 1. The van der Waals surface area contributed by atoms with Crippen LogP contribution < -0.4 is 10.6 Å². The maximum absolute atomic E-state index is 12.2. The van der Waals surface area contributed by atoms with Gasteiger partial charge in [0.1, 0.15) is 11.8 Å². The van der Waals surface area contributed by atoms with E-state index in [1.54, 1.807) is 36.5 Å². The molecule has 0 aliphatic carbocycles. The summed E-state index contributed by atoms with van der Waals surface area (Å²) in [6.45, 7) is 0.329. The Kier molecular flexibility index (Phi) is 5.47. The summed E-state index contributed by atoms with van der Waals surface area (Å²) < 4.78 is 0. The zero-order valence-electron chi connectivity index (χ0n) is 13.7. The minimum atomic E-state index is -0.283. The summed E-state index contributed by atoms with van der Waals surface area (Å²) in [4.78, 5) is 16.4. The second-order valence-electron chi connectivity index (χ2n) is 5.49. The summed E-state index contributed by atoms with van der Waals surface area (Å²) in [5.74, 6) is -0.283. The molecule has 1 aromatic heterocycles. The molecular formula is C20H15ClN4O. The highest BCUT2D eigenvalue weighted by Gasteiger charge is 2.09. The van der Waals surface area contributed by atoms with Crippen molar-refractivity contribution in [2.24, 2.45) is 0 Å². The van der Waals surface area contributed by atoms with E-state index in [1.165, 1.54) is 0 Å². The Morgan fingerprint density at radius 2 is 1.85 bits per heavy atom. The van der Waals surface area contributed by atoms with Gasteiger partial charge in [0.15, 0.2) is 0 Å². The second-order valence-corrected chi connectivity index (χ2v) is 5.90. The molecule has 1 amide bonds. The van der Waals surface area contributed by atoms with Crippen molar-refractivity contribution >= 4 is 28.9 Å². The fourth-order valence-corrected chi connectivity index (χ4v) is 2.56. The SMILES string of the molecule is N#Cc1ccccc1Nc1ccc(C(=O)NCc2ccccc2Cl)nc1. The first kappa shape index (κ1) is 17.5. The number of hydrogen-bond donors (Lipinski definition) is 2. The van der Waals surface area contributed by atoms with Crippen molar-refractivity contribution in [2.75, 3.05) is 5.32 Å². The molecule has 0 aliphatic heterocycles. The Hall–Kier alpha value is -3.36. The lowest BCUT2D eigenvalue weighted by Gasteiger charge is -2.09. The number of halogens is 1. The first-order chi connectivity index (χ1) is 12.7. The first-order valence-corrected chi connectivity index (χ1v) is 8.29. The lowest BCUT2D eigenvalue weighted by molar-refractivity contribution is 0.0946. The van der Waals surface area contributed by atoms with Crippen molar-refractivity contribution in [1.82, 2.24) is 10.3 Å². The van der Waals surface area contributed by atoms with Crippen LogP contribution in [0.3, 0.4) is 0 Å². The van der Waals surface area contributed by atoms with Crippen molar-refractivity contribution < 1.29 is 4.79 Å². The minimum absolute atomic E-state index is 0.283. The number of rotatable bonds is 5. The van der Waals surface area contributed by atoms with Crippen molar-refractivity contribution in [3.63, 3.8) is 0 Å². The number of hydrogen-bond acceptors (Lipinski definition) is 4. The number of nitrogens with zero attached hydrogens (tertiary/aromatic N) is 2. The minimum Gasteiger partial charge on any atom is -0.353 e. The van der Waals surface area contributed by atoms with Gasteiger partial charge in [0.25, 0.3) is 5.91 Å². The Bertz CT molecular complexity index is 964. The Labute approximate surface area is 156 Å². The average Bonchev–Trinajstić information content (AvgIpc) is 2.68. The van der Waals surface area contributed by atoms with Crippen LogP contribution in [0.1, 0.15) is 21.6 Å². The van der Waals surface area contributed by atoms with Crippen LogP contribution >= 0.6 is 11.6 Å². The van der Waals surface area contributed by atoms with E-state index in [1.807, 2.05) is 30.3 Å². The summed E-state index contributed by atoms with van der Waals surface area (Å²) in [6, 6.07) is 20.0. The number of pyridine rings is 1. The fraction of sp³-hybridized carbons (Fsp3) is 0.0500. The number of para-hydroxylation sites is 1. The van der Waals surface area contributed by atoms with E-state index < -0.39 is 0 Å². The third-order valence-corrected chi connectivity index (χ3v) is 4.09. The molecule has 3 aromatic rings. The number of amides is 1. The topological polar surface area (TPSA) is 77.8 Å². The van der Waals surface area contributed by atoms with Crippen molar-refractivity contribution in [3.05, 3.63) is 88.7 Å². The molecule has 0 bridgehead atoms. The van der Waals surface area contributed by atoms with Gasteiger partial charge in [0.2, 0.25) is 0 Å². The van der Waals surface area contributed by atoms with E-state index >= 15 is 0 Å². The molecular weight excluding hydrogens is 348 g/mol. The van der Waals surface area contributed by atoms with Gasteiger partial charge in [0, 0.05) is 11.6 Å². The number of nitrogens with one attached hydrogen (secondary N) is 2. The van der Waals surface area contributed by atoms with Crippen LogP contribution in [0.4, 0.5) is 11.4 Å². The zero-order valence-corrected chi connectivity index (χ0v) is 14.5. The molecule has 128 valence electrons. The fourth-order valence-electron chi connectivity index (χ4n) is 2.36. The molecule has 0 atom stereocenters. The molecule has 2 aromatic carbocycles. The van der Waals surface area contributed by atoms with E-state index in [0.717, 1.165) is 5.56 Å². The standard InChI is InChI=1S/C20H15ClN4O/c21-17-7-3-1-6-15(17)12-24-20(26)19-10-9-16(13-23-19)25-18-8-4-2-5-14(18)11-22/h1-10,13,25H,12H2,(H,24,26). The van der Waals surface area contributed by atoms with Crippen LogP contribution in [0.2, 0.25) is 5.02 Å². The van der Waals surface area contributed by atoms with Crippen molar-refractivity contribution in [3.8, 4) is 6.07 Å². The summed E-state index contributed by atoms with van der Waals surface area (Å²) in [5.41, 5.74) is 3.06. The Morgan fingerprint density at radius 3 is 2.58 bits per heavy atom. The average molecular weight is 363 g/mol. The van der Waals surface area contributed by atoms with Crippen LogP contribution in [0, 0.1) is 11.3 Å². The monoisotopic (exact) mass is 362 g/mol. The Morgan fingerprint density at radius 1 is 1.08 bits per heavy atom. The third kappa shape index (κ3) is 4.18. The molecule has 26 heavy (non-hydrogen) atoms. The van der Waals surface area contributed by atoms with Gasteiger partial charge in [-0.25, -0.2) is 4.98 Å². The molecule has 0 radical (unpaired) electrons. The number of benzene rings is 2. The van der Waals surface area contributed by atoms with Crippen molar-refractivity contribution in [1.29, 1.82) is 5.26 Å². The molecule has 0 aliphatic rings. The molecule has 6 heteroatoms. The van der Waals surface area contributed by atoms with E-state index in [-0.39, 0.29) is 5.91 Å². The van der Waals surface area contributed by atoms with Gasteiger partial charge in [0.05, 0.1) is 23.1 Å². The van der Waals surface area contributed by atoms with E-state index in [0.29, 0.717) is 34.2 Å². The number of carbonyl (C=O) groups excluding carboxylic acids is 1.